The first kappa shape index (κ1) is 54.3. The molecule has 0 saturated heterocycles. The van der Waals surface area contributed by atoms with Crippen LogP contribution in [-0.4, -0.2) is 93.8 Å². The minimum absolute atomic E-state index is 0.0343. The molecule has 0 aliphatic heterocycles. The van der Waals surface area contributed by atoms with Crippen molar-refractivity contribution in [2.24, 2.45) is 17.4 Å². The molecule has 0 fully saturated rings. The molecule has 0 radical (unpaired) electrons. The molecule has 17 heteroatoms. The molecular formula is C47H71N7O10. The second-order valence-corrected chi connectivity index (χ2v) is 16.8. The van der Waals surface area contributed by atoms with Crippen molar-refractivity contribution in [3.05, 3.63) is 71.8 Å². The molecule has 2 aromatic carbocycles. The number of hydrogen-bond donors (Lipinski definition) is 9. The van der Waals surface area contributed by atoms with E-state index in [0.717, 1.165) is 69.8 Å². The van der Waals surface area contributed by atoms with Gasteiger partial charge in [-0.2, -0.15) is 0 Å². The van der Waals surface area contributed by atoms with Crippen LogP contribution in [0.2, 0.25) is 0 Å². The van der Waals surface area contributed by atoms with Crippen LogP contribution in [0, 0.1) is 5.92 Å². The van der Waals surface area contributed by atoms with Crippen LogP contribution in [0.15, 0.2) is 60.7 Å². The number of unbranched alkanes of at least 4 members (excludes halogenated alkanes) is 11. The van der Waals surface area contributed by atoms with E-state index in [1.54, 1.807) is 44.2 Å². The summed E-state index contributed by atoms with van der Waals surface area (Å²) in [5.41, 5.74) is 12.4. The number of nitrogens with one attached hydrogen (secondary N) is 5. The molecule has 6 atom stereocenters. The molecule has 2 aromatic rings. The van der Waals surface area contributed by atoms with Crippen LogP contribution in [0.25, 0.3) is 0 Å². The van der Waals surface area contributed by atoms with Gasteiger partial charge in [0.2, 0.25) is 41.4 Å². The summed E-state index contributed by atoms with van der Waals surface area (Å²) in [5, 5.41) is 32.8. The van der Waals surface area contributed by atoms with Gasteiger partial charge in [0.25, 0.3) is 0 Å². The Bertz CT molecular complexity index is 1780. The van der Waals surface area contributed by atoms with E-state index < -0.39 is 84.1 Å². The third kappa shape index (κ3) is 22.5. The number of hydrogen-bond acceptors (Lipinski definition) is 9. The van der Waals surface area contributed by atoms with Crippen LogP contribution < -0.4 is 38.1 Å². The molecule has 2 rings (SSSR count). The van der Waals surface area contributed by atoms with E-state index in [4.69, 9.17) is 11.5 Å². The number of carboxylic acids is 1. The summed E-state index contributed by atoms with van der Waals surface area (Å²) in [6, 6.07) is 12.0. The van der Waals surface area contributed by atoms with Crippen molar-refractivity contribution in [1.82, 2.24) is 26.6 Å². The minimum atomic E-state index is -1.28. The lowest BCUT2D eigenvalue weighted by Crippen LogP contribution is -2.60. The Hall–Kier alpha value is -5.84. The molecule has 0 unspecified atom stereocenters. The van der Waals surface area contributed by atoms with Crippen LogP contribution in [-0.2, 0) is 51.2 Å². The van der Waals surface area contributed by atoms with Crippen molar-refractivity contribution < 1.29 is 48.6 Å². The van der Waals surface area contributed by atoms with Crippen molar-refractivity contribution in [3.8, 4) is 0 Å². The molecule has 0 aliphatic rings. The predicted octanol–water partition coefficient (Wildman–Crippen LogP) is 2.84. The highest BCUT2D eigenvalue weighted by atomic mass is 16.4. The molecule has 0 aliphatic carbocycles. The maximum absolute atomic E-state index is 13.2. The number of aliphatic carboxylic acids is 1. The van der Waals surface area contributed by atoms with E-state index in [1.807, 2.05) is 30.3 Å². The number of aliphatic hydroxyl groups excluding tert-OH is 1. The maximum Gasteiger partial charge on any atom is 0.326 e. The summed E-state index contributed by atoms with van der Waals surface area (Å²) in [6.45, 7) is 4.83. The topological polar surface area (TPSA) is 289 Å². The van der Waals surface area contributed by atoms with Crippen molar-refractivity contribution in [2.75, 3.05) is 0 Å². The summed E-state index contributed by atoms with van der Waals surface area (Å²) in [4.78, 5) is 100. The first-order chi connectivity index (χ1) is 30.5. The molecule has 17 nitrogen and oxygen atoms in total. The van der Waals surface area contributed by atoms with E-state index in [1.165, 1.54) is 6.92 Å². The second-order valence-electron chi connectivity index (χ2n) is 16.8. The van der Waals surface area contributed by atoms with Gasteiger partial charge in [0.1, 0.15) is 30.2 Å². The fraction of sp³-hybridized carbons (Fsp3) is 0.574. The average molecular weight is 894 g/mol. The van der Waals surface area contributed by atoms with E-state index in [2.05, 4.69) is 26.6 Å². The van der Waals surface area contributed by atoms with Crippen LogP contribution in [0.3, 0.4) is 0 Å². The Morgan fingerprint density at radius 1 is 0.500 bits per heavy atom. The molecule has 0 heterocycles. The highest BCUT2D eigenvalue weighted by Gasteiger charge is 2.33. The molecule has 11 N–H and O–H groups in total. The third-order valence-corrected chi connectivity index (χ3v) is 10.8. The number of aliphatic hydroxyl groups is 1. The summed E-state index contributed by atoms with van der Waals surface area (Å²) in [6.07, 6.45) is 9.94. The third-order valence-electron chi connectivity index (χ3n) is 10.8. The largest absolute Gasteiger partial charge is 0.480 e. The molecule has 0 saturated carbocycles. The molecule has 0 spiro atoms. The van der Waals surface area contributed by atoms with Gasteiger partial charge in [0.15, 0.2) is 0 Å². The highest BCUT2D eigenvalue weighted by Crippen LogP contribution is 2.14. The van der Waals surface area contributed by atoms with Crippen LogP contribution in [0.5, 0.6) is 0 Å². The van der Waals surface area contributed by atoms with Crippen LogP contribution >= 0.6 is 0 Å². The summed E-state index contributed by atoms with van der Waals surface area (Å²) in [5.74, 6) is -6.06. The summed E-state index contributed by atoms with van der Waals surface area (Å²) >= 11 is 0. The monoisotopic (exact) mass is 894 g/mol. The lowest BCUT2D eigenvalue weighted by atomic mass is 10.00. The standard InChI is InChI=1S/C47H71N7O10/c1-31(2)41(45(61)51-35(43(49)59)28-33-22-16-14-17-23-33)54-46(62)42(32(3)55)53-40(58)27-21-13-11-9-7-5-4-6-8-10-12-20-26-39(57)50-36(30-38(48)56)44(60)52-37(47(63)64)29-34-24-18-15-19-25-34/h14-19,22-25,31-32,35-37,41-42,55H,4-13,20-21,26-30H2,1-3H3,(H2,48,56)(H2,49,59)(H,50,57)(H,51,61)(H,52,60)(H,53,58)(H,54,62)(H,63,64)/t32-,35+,36+,37+,41+,42+/m1/s1. The number of rotatable bonds is 33. The van der Waals surface area contributed by atoms with Gasteiger partial charge in [-0.15, -0.1) is 0 Å². The van der Waals surface area contributed by atoms with Gasteiger partial charge < -0.3 is 48.3 Å². The first-order valence-electron chi connectivity index (χ1n) is 22.5. The highest BCUT2D eigenvalue weighted by molar-refractivity contribution is 5.95. The van der Waals surface area contributed by atoms with Crippen molar-refractivity contribution in [2.45, 2.75) is 166 Å². The average Bonchev–Trinajstić information content (AvgIpc) is 3.24. The Morgan fingerprint density at radius 3 is 1.31 bits per heavy atom. The zero-order chi connectivity index (χ0) is 47.4. The van der Waals surface area contributed by atoms with E-state index in [-0.39, 0.29) is 37.5 Å². The predicted molar refractivity (Wildman–Crippen MR) is 242 cm³/mol. The lowest BCUT2D eigenvalue weighted by molar-refractivity contribution is -0.142. The van der Waals surface area contributed by atoms with Crippen molar-refractivity contribution in [3.63, 3.8) is 0 Å². The normalized spacial score (nSPS) is 13.9. The lowest BCUT2D eigenvalue weighted by Gasteiger charge is -2.27. The van der Waals surface area contributed by atoms with Gasteiger partial charge in [0, 0.05) is 25.7 Å². The van der Waals surface area contributed by atoms with Gasteiger partial charge in [0.05, 0.1) is 12.5 Å². The van der Waals surface area contributed by atoms with Crippen molar-refractivity contribution >= 4 is 47.3 Å². The first-order valence-corrected chi connectivity index (χ1v) is 22.5. The minimum Gasteiger partial charge on any atom is -0.480 e. The van der Waals surface area contributed by atoms with Gasteiger partial charge in [-0.25, -0.2) is 4.79 Å². The van der Waals surface area contributed by atoms with Crippen LogP contribution in [0.1, 0.15) is 128 Å². The second kappa shape index (κ2) is 30.3. The zero-order valence-corrected chi connectivity index (χ0v) is 37.7. The number of carbonyl (C=O) groups is 8. The van der Waals surface area contributed by atoms with Gasteiger partial charge in [-0.3, -0.25) is 33.6 Å². The Balaban J connectivity index is 1.60. The van der Waals surface area contributed by atoms with Gasteiger partial charge >= 0.3 is 5.97 Å². The fourth-order valence-corrected chi connectivity index (χ4v) is 7.10. The molecule has 354 valence electrons. The Morgan fingerprint density at radius 2 is 0.906 bits per heavy atom. The number of nitrogens with two attached hydrogens (primary N) is 2. The molecule has 7 amide bonds. The van der Waals surface area contributed by atoms with E-state index in [0.29, 0.717) is 18.4 Å². The quantitative estimate of drug-likeness (QED) is 0.0473. The SMILES string of the molecule is CC(C)[C@H](NC(=O)[C@@H](NC(=O)CCCCCCCCCCCCCCC(=O)N[C@@H](CC(N)=O)C(=O)N[C@@H](Cc1ccccc1)C(=O)O)[C@@H](C)O)C(=O)N[C@@H](Cc1ccccc1)C(N)=O. The summed E-state index contributed by atoms with van der Waals surface area (Å²) in [7, 11) is 0. The molecule has 0 bridgehead atoms. The number of primary amides is 2. The maximum atomic E-state index is 13.2. The van der Waals surface area contributed by atoms with Gasteiger partial charge in [-0.1, -0.05) is 139 Å². The fourth-order valence-electron chi connectivity index (χ4n) is 7.10. The number of amides is 7. The van der Waals surface area contributed by atoms with Crippen molar-refractivity contribution in [1.29, 1.82) is 0 Å². The number of carbonyl (C=O) groups excluding carboxylic acids is 7. The Labute approximate surface area is 377 Å². The van der Waals surface area contributed by atoms with E-state index in [9.17, 15) is 48.6 Å². The smallest absolute Gasteiger partial charge is 0.326 e. The molecular weight excluding hydrogens is 823 g/mol. The molecule has 64 heavy (non-hydrogen) atoms. The zero-order valence-electron chi connectivity index (χ0n) is 37.7. The van der Waals surface area contributed by atoms with Gasteiger partial charge in [-0.05, 0) is 36.8 Å². The Kier molecular flexibility index (Phi) is 25.7. The van der Waals surface area contributed by atoms with Crippen LogP contribution in [0.4, 0.5) is 0 Å². The summed E-state index contributed by atoms with van der Waals surface area (Å²) < 4.78 is 0. The molecule has 0 aromatic heterocycles. The van der Waals surface area contributed by atoms with E-state index >= 15 is 0 Å². The number of benzene rings is 2. The number of carboxylic acid groups (broad SMARTS) is 1.